The Kier molecular flexibility index (Phi) is 5.85. The highest BCUT2D eigenvalue weighted by Crippen LogP contribution is 2.19. The van der Waals surface area contributed by atoms with Crippen molar-refractivity contribution in [2.75, 3.05) is 32.8 Å². The van der Waals surface area contributed by atoms with E-state index in [1.54, 1.807) is 11.3 Å². The van der Waals surface area contributed by atoms with Gasteiger partial charge >= 0.3 is 6.03 Å². The number of carbonyl (C=O) groups is 1. The highest BCUT2D eigenvalue weighted by atomic mass is 32.1. The summed E-state index contributed by atoms with van der Waals surface area (Å²) in [4.78, 5) is 24.4. The predicted molar refractivity (Wildman–Crippen MR) is 90.1 cm³/mol. The zero-order valence-corrected chi connectivity index (χ0v) is 14.6. The number of amides is 2. The molecular formula is C16H26N4O2S. The van der Waals surface area contributed by atoms with Gasteiger partial charge in [0.25, 0.3) is 0 Å². The van der Waals surface area contributed by atoms with Gasteiger partial charge in [0, 0.05) is 18.5 Å². The van der Waals surface area contributed by atoms with E-state index in [0.29, 0.717) is 19.1 Å². The number of nitrogens with zero attached hydrogens (tertiary/aromatic N) is 3. The van der Waals surface area contributed by atoms with Crippen molar-refractivity contribution in [3.63, 3.8) is 0 Å². The molecule has 7 heteroatoms. The standard InChI is InChI=1S/C16H26N4O2S/c1-13-18-15(12-23-13)11-19-7-4-14(5-8-19)10-17-16(21)20-6-2-3-9-22-20/h12,14H,2-11H2,1H3,(H,17,21). The van der Waals surface area contributed by atoms with Gasteiger partial charge in [-0.1, -0.05) is 0 Å². The van der Waals surface area contributed by atoms with Gasteiger partial charge < -0.3 is 5.32 Å². The molecule has 3 rings (SSSR count). The summed E-state index contributed by atoms with van der Waals surface area (Å²) < 4.78 is 0. The third kappa shape index (κ3) is 4.89. The second-order valence-electron chi connectivity index (χ2n) is 6.41. The topological polar surface area (TPSA) is 57.7 Å². The third-order valence-corrected chi connectivity index (χ3v) is 5.35. The van der Waals surface area contributed by atoms with Crippen molar-refractivity contribution in [2.45, 2.75) is 39.2 Å². The highest BCUT2D eigenvalue weighted by molar-refractivity contribution is 7.09. The summed E-state index contributed by atoms with van der Waals surface area (Å²) in [5.41, 5.74) is 1.18. The molecule has 2 aliphatic rings. The number of thiazole rings is 1. The average molecular weight is 338 g/mol. The van der Waals surface area contributed by atoms with Crippen LogP contribution in [0.15, 0.2) is 5.38 Å². The van der Waals surface area contributed by atoms with Gasteiger partial charge in [-0.2, -0.15) is 0 Å². The van der Waals surface area contributed by atoms with E-state index in [1.165, 1.54) is 10.8 Å². The first kappa shape index (κ1) is 16.7. The Hall–Kier alpha value is -1.18. The van der Waals surface area contributed by atoms with Gasteiger partial charge in [-0.25, -0.2) is 14.8 Å². The fraction of sp³-hybridized carbons (Fsp3) is 0.750. The molecule has 0 aliphatic carbocycles. The number of likely N-dealkylation sites (tertiary alicyclic amines) is 1. The molecule has 3 heterocycles. The lowest BCUT2D eigenvalue weighted by Gasteiger charge is -2.32. The van der Waals surface area contributed by atoms with Gasteiger partial charge in [0.2, 0.25) is 0 Å². The van der Waals surface area contributed by atoms with Crippen molar-refractivity contribution < 1.29 is 9.63 Å². The van der Waals surface area contributed by atoms with Crippen LogP contribution < -0.4 is 5.32 Å². The minimum atomic E-state index is -0.0786. The summed E-state index contributed by atoms with van der Waals surface area (Å²) >= 11 is 1.72. The molecule has 2 amide bonds. The SMILES string of the molecule is Cc1nc(CN2CCC(CNC(=O)N3CCCCO3)CC2)cs1. The van der Waals surface area contributed by atoms with E-state index in [9.17, 15) is 4.79 Å². The summed E-state index contributed by atoms with van der Waals surface area (Å²) in [5.74, 6) is 0.567. The quantitative estimate of drug-likeness (QED) is 0.916. The van der Waals surface area contributed by atoms with Gasteiger partial charge in [-0.3, -0.25) is 9.74 Å². The van der Waals surface area contributed by atoms with Crippen LogP contribution in [0.3, 0.4) is 0 Å². The molecule has 0 spiro atoms. The molecule has 0 saturated carbocycles. The summed E-state index contributed by atoms with van der Waals surface area (Å²) in [6.07, 6.45) is 4.33. The van der Waals surface area contributed by atoms with Crippen molar-refractivity contribution in [2.24, 2.45) is 5.92 Å². The molecule has 0 atom stereocenters. The van der Waals surface area contributed by atoms with E-state index in [0.717, 1.165) is 56.9 Å². The molecule has 1 aromatic rings. The normalized spacial score (nSPS) is 20.7. The van der Waals surface area contributed by atoms with E-state index in [-0.39, 0.29) is 6.03 Å². The maximum absolute atomic E-state index is 12.0. The Bertz CT molecular complexity index is 508. The number of hydrogen-bond donors (Lipinski definition) is 1. The lowest BCUT2D eigenvalue weighted by atomic mass is 9.97. The average Bonchev–Trinajstić information content (AvgIpc) is 2.99. The zero-order chi connectivity index (χ0) is 16.1. The Morgan fingerprint density at radius 3 is 2.87 bits per heavy atom. The predicted octanol–water partition coefficient (Wildman–Crippen LogP) is 2.40. The van der Waals surface area contributed by atoms with Crippen molar-refractivity contribution in [1.82, 2.24) is 20.3 Å². The number of aromatic nitrogens is 1. The zero-order valence-electron chi connectivity index (χ0n) is 13.8. The Labute approximate surface area is 141 Å². The molecule has 0 unspecified atom stereocenters. The lowest BCUT2D eigenvalue weighted by molar-refractivity contribution is -0.139. The van der Waals surface area contributed by atoms with E-state index in [4.69, 9.17) is 4.84 Å². The van der Waals surface area contributed by atoms with Gasteiger partial charge in [-0.15, -0.1) is 11.3 Å². The van der Waals surface area contributed by atoms with Crippen LogP contribution in [0.2, 0.25) is 0 Å². The minimum absolute atomic E-state index is 0.0786. The molecule has 2 aliphatic heterocycles. The Balaban J connectivity index is 1.35. The van der Waals surface area contributed by atoms with Gasteiger partial charge in [-0.05, 0) is 51.6 Å². The van der Waals surface area contributed by atoms with E-state index < -0.39 is 0 Å². The monoisotopic (exact) mass is 338 g/mol. The second kappa shape index (κ2) is 8.08. The lowest BCUT2D eigenvalue weighted by Crippen LogP contribution is -2.45. The summed E-state index contributed by atoms with van der Waals surface area (Å²) in [6.45, 7) is 7.27. The van der Waals surface area contributed by atoms with Gasteiger partial charge in [0.1, 0.15) is 0 Å². The fourth-order valence-electron chi connectivity index (χ4n) is 3.14. The first-order valence-corrected chi connectivity index (χ1v) is 9.40. The van der Waals surface area contributed by atoms with Crippen LogP contribution in [0.4, 0.5) is 4.79 Å². The molecule has 128 valence electrons. The molecule has 23 heavy (non-hydrogen) atoms. The van der Waals surface area contributed by atoms with Crippen LogP contribution in [0.5, 0.6) is 0 Å². The number of piperidine rings is 1. The van der Waals surface area contributed by atoms with Crippen molar-refractivity contribution in [3.8, 4) is 0 Å². The summed E-state index contributed by atoms with van der Waals surface area (Å²) in [6, 6.07) is -0.0786. The van der Waals surface area contributed by atoms with Crippen LogP contribution in [-0.4, -0.2) is 53.8 Å². The largest absolute Gasteiger partial charge is 0.341 e. The fourth-order valence-corrected chi connectivity index (χ4v) is 3.74. The molecule has 1 N–H and O–H groups in total. The Morgan fingerprint density at radius 1 is 1.39 bits per heavy atom. The number of rotatable bonds is 4. The molecule has 0 radical (unpaired) electrons. The molecule has 6 nitrogen and oxygen atoms in total. The molecule has 2 fully saturated rings. The third-order valence-electron chi connectivity index (χ3n) is 4.53. The maximum atomic E-state index is 12.0. The molecule has 0 aromatic carbocycles. The maximum Gasteiger partial charge on any atom is 0.341 e. The number of urea groups is 1. The van der Waals surface area contributed by atoms with Gasteiger partial charge in [0.05, 0.1) is 23.9 Å². The first-order valence-electron chi connectivity index (χ1n) is 8.52. The molecule has 2 saturated heterocycles. The summed E-state index contributed by atoms with van der Waals surface area (Å²) in [5, 5.41) is 7.79. The number of nitrogens with one attached hydrogen (secondary N) is 1. The smallest absolute Gasteiger partial charge is 0.336 e. The Morgan fingerprint density at radius 2 is 2.22 bits per heavy atom. The van der Waals surface area contributed by atoms with Crippen LogP contribution in [0.1, 0.15) is 36.4 Å². The summed E-state index contributed by atoms with van der Waals surface area (Å²) in [7, 11) is 0. The molecular weight excluding hydrogens is 312 g/mol. The number of aryl methyl sites for hydroxylation is 1. The van der Waals surface area contributed by atoms with Crippen molar-refractivity contribution in [1.29, 1.82) is 0 Å². The molecule has 1 aromatic heterocycles. The van der Waals surface area contributed by atoms with Gasteiger partial charge in [0.15, 0.2) is 0 Å². The van der Waals surface area contributed by atoms with Crippen LogP contribution in [-0.2, 0) is 11.4 Å². The van der Waals surface area contributed by atoms with E-state index in [2.05, 4.69) is 27.5 Å². The number of carbonyl (C=O) groups excluding carboxylic acids is 1. The number of hydrogen-bond acceptors (Lipinski definition) is 5. The highest BCUT2D eigenvalue weighted by Gasteiger charge is 2.22. The van der Waals surface area contributed by atoms with E-state index >= 15 is 0 Å². The van der Waals surface area contributed by atoms with Crippen LogP contribution in [0, 0.1) is 12.8 Å². The minimum Gasteiger partial charge on any atom is -0.336 e. The van der Waals surface area contributed by atoms with Crippen molar-refractivity contribution >= 4 is 17.4 Å². The van der Waals surface area contributed by atoms with E-state index in [1.807, 2.05) is 0 Å². The van der Waals surface area contributed by atoms with Crippen LogP contribution >= 0.6 is 11.3 Å². The first-order chi connectivity index (χ1) is 11.2. The second-order valence-corrected chi connectivity index (χ2v) is 7.47. The van der Waals surface area contributed by atoms with Crippen molar-refractivity contribution in [3.05, 3.63) is 16.1 Å². The number of hydroxylamine groups is 2. The van der Waals surface area contributed by atoms with Crippen LogP contribution in [0.25, 0.3) is 0 Å². The molecule has 0 bridgehead atoms.